The second-order valence-corrected chi connectivity index (χ2v) is 9.33. The molecule has 2 N–H and O–H groups in total. The molecule has 3 aromatic rings. The van der Waals surface area contributed by atoms with E-state index >= 15 is 0 Å². The maximum Gasteiger partial charge on any atom is 0.416 e. The molecule has 38 heavy (non-hydrogen) atoms. The SMILES string of the molecule is COc1ccc(/C(O)=C2/C(=O)C(=O)N(Cc3cccc(C(F)(F)F)c3)C2c2ccc(O)cc2)cc1C(C)C. The van der Waals surface area contributed by atoms with E-state index in [0.29, 0.717) is 11.3 Å². The number of hydrogen-bond donors (Lipinski definition) is 2. The van der Waals surface area contributed by atoms with Crippen molar-refractivity contribution in [3.8, 4) is 11.5 Å². The smallest absolute Gasteiger partial charge is 0.416 e. The summed E-state index contributed by atoms with van der Waals surface area (Å²) in [5.74, 6) is -1.78. The lowest BCUT2D eigenvalue weighted by atomic mass is 9.93. The number of Topliss-reactive ketones (excluding diaryl/α,β-unsaturated/α-hetero) is 1. The number of ether oxygens (including phenoxy) is 1. The highest BCUT2D eigenvalue weighted by Crippen LogP contribution is 2.42. The van der Waals surface area contributed by atoms with E-state index < -0.39 is 35.2 Å². The number of alkyl halides is 3. The topological polar surface area (TPSA) is 87.1 Å². The maximum absolute atomic E-state index is 13.3. The summed E-state index contributed by atoms with van der Waals surface area (Å²) < 4.78 is 45.3. The van der Waals surface area contributed by atoms with Gasteiger partial charge in [0.05, 0.1) is 24.3 Å². The van der Waals surface area contributed by atoms with Gasteiger partial charge in [0.2, 0.25) is 0 Å². The van der Waals surface area contributed by atoms with E-state index in [1.807, 2.05) is 13.8 Å². The fraction of sp³-hybridized carbons (Fsp3) is 0.241. The highest BCUT2D eigenvalue weighted by atomic mass is 19.4. The number of aromatic hydroxyl groups is 1. The van der Waals surface area contributed by atoms with E-state index in [-0.39, 0.29) is 34.9 Å². The zero-order valence-electron chi connectivity index (χ0n) is 20.9. The van der Waals surface area contributed by atoms with E-state index in [1.165, 1.54) is 43.5 Å². The Kier molecular flexibility index (Phi) is 7.22. The third kappa shape index (κ3) is 5.09. The number of ketones is 1. The van der Waals surface area contributed by atoms with Crippen LogP contribution in [0.25, 0.3) is 5.76 Å². The normalized spacial score (nSPS) is 17.3. The van der Waals surface area contributed by atoms with E-state index in [2.05, 4.69) is 0 Å². The van der Waals surface area contributed by atoms with Crippen molar-refractivity contribution in [2.45, 2.75) is 38.5 Å². The molecule has 4 rings (SSSR count). The van der Waals surface area contributed by atoms with E-state index in [1.54, 1.807) is 18.2 Å². The number of rotatable bonds is 6. The van der Waals surface area contributed by atoms with Crippen molar-refractivity contribution in [3.05, 3.63) is 100 Å². The molecule has 1 aliphatic rings. The Hall–Kier alpha value is -4.27. The Labute approximate surface area is 217 Å². The summed E-state index contributed by atoms with van der Waals surface area (Å²) in [6.07, 6.45) is -4.58. The molecule has 198 valence electrons. The number of halogens is 3. The number of methoxy groups -OCH3 is 1. The fourth-order valence-electron chi connectivity index (χ4n) is 4.58. The molecule has 0 spiro atoms. The Morgan fingerprint density at radius 2 is 1.71 bits per heavy atom. The molecule has 0 aliphatic carbocycles. The first-order valence-electron chi connectivity index (χ1n) is 11.8. The number of carbonyl (C=O) groups excluding carboxylic acids is 2. The minimum Gasteiger partial charge on any atom is -0.508 e. The molecule has 1 unspecified atom stereocenters. The number of nitrogens with zero attached hydrogens (tertiary/aromatic N) is 1. The summed E-state index contributed by atoms with van der Waals surface area (Å²) in [5.41, 5.74) is 0.538. The van der Waals surface area contributed by atoms with Crippen LogP contribution >= 0.6 is 0 Å². The zero-order chi connectivity index (χ0) is 27.8. The number of likely N-dealkylation sites (tertiary alicyclic amines) is 1. The van der Waals surface area contributed by atoms with Gasteiger partial charge in [-0.2, -0.15) is 13.2 Å². The number of aliphatic hydroxyl groups is 1. The number of amides is 1. The van der Waals surface area contributed by atoms with Crippen LogP contribution in [0.15, 0.2) is 72.3 Å². The van der Waals surface area contributed by atoms with Gasteiger partial charge in [0, 0.05) is 12.1 Å². The Balaban J connectivity index is 1.86. The highest BCUT2D eigenvalue weighted by Gasteiger charge is 2.46. The van der Waals surface area contributed by atoms with Crippen LogP contribution in [0.5, 0.6) is 11.5 Å². The first kappa shape index (κ1) is 26.8. The van der Waals surface area contributed by atoms with Crippen LogP contribution in [-0.4, -0.2) is 33.9 Å². The first-order valence-corrected chi connectivity index (χ1v) is 11.8. The molecular weight excluding hydrogens is 499 g/mol. The van der Waals surface area contributed by atoms with Crippen molar-refractivity contribution in [1.29, 1.82) is 0 Å². The predicted molar refractivity (Wildman–Crippen MR) is 134 cm³/mol. The molecular formula is C29H26F3NO5. The molecule has 0 radical (unpaired) electrons. The van der Waals surface area contributed by atoms with Gasteiger partial charge in [-0.05, 0) is 65.1 Å². The lowest BCUT2D eigenvalue weighted by Gasteiger charge is -2.26. The van der Waals surface area contributed by atoms with Crippen LogP contribution in [0.1, 0.15) is 53.6 Å². The Morgan fingerprint density at radius 3 is 2.32 bits per heavy atom. The molecule has 0 aromatic heterocycles. The third-order valence-corrected chi connectivity index (χ3v) is 6.48. The second-order valence-electron chi connectivity index (χ2n) is 9.33. The van der Waals surface area contributed by atoms with Crippen LogP contribution < -0.4 is 4.74 Å². The standard InChI is InChI=1S/C29H26F3NO5/c1-16(2)22-14-19(9-12-23(22)38-3)26(35)24-25(18-7-10-21(34)11-8-18)33(28(37)27(24)36)15-17-5-4-6-20(13-17)29(30,31)32/h4-14,16,25,34-35H,15H2,1-3H3/b26-24-. The van der Waals surface area contributed by atoms with Gasteiger partial charge in [-0.25, -0.2) is 0 Å². The first-order chi connectivity index (χ1) is 17.9. The summed E-state index contributed by atoms with van der Waals surface area (Å²) in [4.78, 5) is 27.6. The lowest BCUT2D eigenvalue weighted by molar-refractivity contribution is -0.140. The fourth-order valence-corrected chi connectivity index (χ4v) is 4.58. The average Bonchev–Trinajstić information content (AvgIpc) is 3.13. The zero-order valence-corrected chi connectivity index (χ0v) is 20.9. The second kappa shape index (κ2) is 10.2. The molecule has 1 heterocycles. The monoisotopic (exact) mass is 525 g/mol. The predicted octanol–water partition coefficient (Wildman–Crippen LogP) is 6.16. The molecule has 9 heteroatoms. The molecule has 0 saturated carbocycles. The molecule has 1 saturated heterocycles. The minimum absolute atomic E-state index is 0.0221. The molecule has 6 nitrogen and oxygen atoms in total. The van der Waals surface area contributed by atoms with Gasteiger partial charge in [-0.3, -0.25) is 9.59 Å². The average molecular weight is 526 g/mol. The summed E-state index contributed by atoms with van der Waals surface area (Å²) in [6.45, 7) is 3.56. The van der Waals surface area contributed by atoms with Crippen molar-refractivity contribution in [1.82, 2.24) is 4.90 Å². The van der Waals surface area contributed by atoms with Crippen molar-refractivity contribution in [3.63, 3.8) is 0 Å². The van der Waals surface area contributed by atoms with Crippen molar-refractivity contribution in [2.24, 2.45) is 0 Å². The number of hydrogen-bond acceptors (Lipinski definition) is 5. The largest absolute Gasteiger partial charge is 0.508 e. The van der Waals surface area contributed by atoms with Gasteiger partial charge in [0.15, 0.2) is 0 Å². The third-order valence-electron chi connectivity index (χ3n) is 6.48. The number of aliphatic hydroxyl groups excluding tert-OH is 1. The molecule has 0 bridgehead atoms. The van der Waals surface area contributed by atoms with Gasteiger partial charge in [-0.15, -0.1) is 0 Å². The van der Waals surface area contributed by atoms with Crippen LogP contribution in [-0.2, 0) is 22.3 Å². The van der Waals surface area contributed by atoms with E-state index in [0.717, 1.165) is 22.6 Å². The van der Waals surface area contributed by atoms with Gasteiger partial charge in [0.1, 0.15) is 17.3 Å². The Bertz CT molecular complexity index is 1410. The quantitative estimate of drug-likeness (QED) is 0.229. The molecule has 1 atom stereocenters. The number of phenols is 1. The van der Waals surface area contributed by atoms with Crippen molar-refractivity contribution < 1.29 is 37.7 Å². The van der Waals surface area contributed by atoms with Gasteiger partial charge in [-0.1, -0.05) is 38.1 Å². The molecule has 1 fully saturated rings. The highest BCUT2D eigenvalue weighted by molar-refractivity contribution is 6.46. The van der Waals surface area contributed by atoms with Crippen LogP contribution in [0.4, 0.5) is 13.2 Å². The molecule has 1 amide bonds. The summed E-state index contributed by atoms with van der Waals surface area (Å²) in [6, 6.07) is 14.0. The van der Waals surface area contributed by atoms with Crippen LogP contribution in [0, 0.1) is 0 Å². The van der Waals surface area contributed by atoms with Crippen molar-refractivity contribution >= 4 is 17.4 Å². The maximum atomic E-state index is 13.3. The number of benzene rings is 3. The van der Waals surface area contributed by atoms with E-state index in [9.17, 15) is 33.0 Å². The van der Waals surface area contributed by atoms with Crippen LogP contribution in [0.3, 0.4) is 0 Å². The summed E-state index contributed by atoms with van der Waals surface area (Å²) in [7, 11) is 1.52. The molecule has 3 aromatic carbocycles. The lowest BCUT2D eigenvalue weighted by Crippen LogP contribution is -2.29. The Morgan fingerprint density at radius 1 is 1.03 bits per heavy atom. The van der Waals surface area contributed by atoms with Crippen molar-refractivity contribution in [2.75, 3.05) is 7.11 Å². The summed E-state index contributed by atoms with van der Waals surface area (Å²) in [5, 5.41) is 21.1. The van der Waals surface area contributed by atoms with Gasteiger partial charge < -0.3 is 19.8 Å². The number of carbonyl (C=O) groups is 2. The van der Waals surface area contributed by atoms with Gasteiger partial charge in [0.25, 0.3) is 11.7 Å². The molecule has 1 aliphatic heterocycles. The van der Waals surface area contributed by atoms with Crippen LogP contribution in [0.2, 0.25) is 0 Å². The van der Waals surface area contributed by atoms with Gasteiger partial charge >= 0.3 is 6.18 Å². The number of phenolic OH excluding ortho intramolecular Hbond substituents is 1. The minimum atomic E-state index is -4.58. The van der Waals surface area contributed by atoms with E-state index in [4.69, 9.17) is 4.74 Å². The summed E-state index contributed by atoms with van der Waals surface area (Å²) >= 11 is 0.